The summed E-state index contributed by atoms with van der Waals surface area (Å²) in [6, 6.07) is 5.01. The lowest BCUT2D eigenvalue weighted by atomic mass is 9.92. The second-order valence-corrected chi connectivity index (χ2v) is 9.64. The SMILES string of the molecule is [CH]1C=Cc2cc3c(cc21)CCCCCCCCCCCCCCCCCCCC3. The van der Waals surface area contributed by atoms with Crippen molar-refractivity contribution in [3.05, 3.63) is 46.9 Å². The van der Waals surface area contributed by atoms with Crippen LogP contribution in [0.5, 0.6) is 0 Å². The average Bonchev–Trinajstić information content (AvgIpc) is 3.18. The second kappa shape index (κ2) is 14.1. The Labute approximate surface area is 181 Å². The minimum atomic E-state index is 1.29. The molecular formula is C29H45. The van der Waals surface area contributed by atoms with Gasteiger partial charge in [-0.2, -0.15) is 0 Å². The van der Waals surface area contributed by atoms with Crippen LogP contribution < -0.4 is 0 Å². The third-order valence-corrected chi connectivity index (χ3v) is 7.10. The maximum Gasteiger partial charge on any atom is 0.0131 e. The van der Waals surface area contributed by atoms with Crippen molar-refractivity contribution < 1.29 is 0 Å². The first kappa shape index (κ1) is 22.6. The van der Waals surface area contributed by atoms with Crippen LogP contribution in [0.1, 0.15) is 138 Å². The molecule has 29 heavy (non-hydrogen) atoms. The summed E-state index contributed by atoms with van der Waals surface area (Å²) in [5.41, 5.74) is 6.19. The van der Waals surface area contributed by atoms with Crippen molar-refractivity contribution in [1.29, 1.82) is 0 Å². The maximum absolute atomic E-state index is 2.50. The molecule has 0 spiro atoms. The Bertz CT molecular complexity index is 594. The molecule has 0 N–H and O–H groups in total. The summed E-state index contributed by atoms with van der Waals surface area (Å²) >= 11 is 0. The molecule has 0 amide bonds. The molecule has 161 valence electrons. The van der Waals surface area contributed by atoms with Crippen LogP contribution in [-0.2, 0) is 12.8 Å². The highest BCUT2D eigenvalue weighted by Gasteiger charge is 2.11. The van der Waals surface area contributed by atoms with Gasteiger partial charge in [0.25, 0.3) is 0 Å². The van der Waals surface area contributed by atoms with Crippen LogP contribution in [0.25, 0.3) is 6.08 Å². The van der Waals surface area contributed by atoms with Gasteiger partial charge in [-0.15, -0.1) is 0 Å². The second-order valence-electron chi connectivity index (χ2n) is 9.64. The molecule has 0 heterocycles. The number of hydrogen-bond donors (Lipinski definition) is 0. The van der Waals surface area contributed by atoms with Gasteiger partial charge in [-0.3, -0.25) is 0 Å². The van der Waals surface area contributed by atoms with E-state index in [9.17, 15) is 0 Å². The minimum absolute atomic E-state index is 1.29. The topological polar surface area (TPSA) is 0 Å². The third kappa shape index (κ3) is 8.69. The molecule has 3 rings (SSSR count). The number of benzene rings is 1. The average molecular weight is 394 g/mol. The highest BCUT2D eigenvalue weighted by molar-refractivity contribution is 5.66. The maximum atomic E-state index is 2.50. The molecule has 2 aliphatic carbocycles. The van der Waals surface area contributed by atoms with Crippen molar-refractivity contribution in [3.63, 3.8) is 0 Å². The zero-order valence-electron chi connectivity index (χ0n) is 19.0. The molecule has 0 aromatic heterocycles. The third-order valence-electron chi connectivity index (χ3n) is 7.10. The normalized spacial score (nSPS) is 21.5. The molecule has 1 aromatic rings. The Kier molecular flexibility index (Phi) is 11.0. The zero-order valence-corrected chi connectivity index (χ0v) is 19.0. The molecule has 0 unspecified atom stereocenters. The van der Waals surface area contributed by atoms with Crippen LogP contribution in [0.15, 0.2) is 18.2 Å². The van der Waals surface area contributed by atoms with E-state index in [1.165, 1.54) is 140 Å². The quantitative estimate of drug-likeness (QED) is 0.412. The number of aryl methyl sites for hydroxylation is 2. The smallest absolute Gasteiger partial charge is 0.0131 e. The predicted molar refractivity (Wildman–Crippen MR) is 129 cm³/mol. The first-order valence-electron chi connectivity index (χ1n) is 13.1. The number of hydrogen-bond acceptors (Lipinski definition) is 0. The van der Waals surface area contributed by atoms with E-state index in [1.807, 2.05) is 0 Å². The highest BCUT2D eigenvalue weighted by atomic mass is 14.2. The van der Waals surface area contributed by atoms with Crippen LogP contribution in [0.2, 0.25) is 0 Å². The van der Waals surface area contributed by atoms with Gasteiger partial charge in [0.2, 0.25) is 0 Å². The van der Waals surface area contributed by atoms with Gasteiger partial charge >= 0.3 is 0 Å². The molecule has 1 radical (unpaired) electrons. The monoisotopic (exact) mass is 393 g/mol. The first-order chi connectivity index (χ1) is 14.4. The van der Waals surface area contributed by atoms with E-state index in [2.05, 4.69) is 30.7 Å². The van der Waals surface area contributed by atoms with Crippen LogP contribution in [-0.4, -0.2) is 0 Å². The molecule has 0 atom stereocenters. The summed E-state index contributed by atoms with van der Waals surface area (Å²) in [5.74, 6) is 0. The highest BCUT2D eigenvalue weighted by Crippen LogP contribution is 2.28. The van der Waals surface area contributed by atoms with Gasteiger partial charge in [0.1, 0.15) is 0 Å². The largest absolute Gasteiger partial charge is 0.0755 e. The lowest BCUT2D eigenvalue weighted by molar-refractivity contribution is 0.522. The number of fused-ring (bicyclic) bond motifs is 2. The van der Waals surface area contributed by atoms with Crippen LogP contribution in [0.4, 0.5) is 0 Å². The summed E-state index contributed by atoms with van der Waals surface area (Å²) in [6.45, 7) is 0. The van der Waals surface area contributed by atoms with E-state index >= 15 is 0 Å². The molecule has 0 saturated heterocycles. The molecule has 0 aliphatic heterocycles. The van der Waals surface area contributed by atoms with Crippen molar-refractivity contribution in [1.82, 2.24) is 0 Å². The van der Waals surface area contributed by atoms with Gasteiger partial charge in [-0.05, 0) is 47.9 Å². The van der Waals surface area contributed by atoms with Crippen molar-refractivity contribution in [2.24, 2.45) is 0 Å². The molecule has 0 fully saturated rings. The summed E-state index contributed by atoms with van der Waals surface area (Å²) in [6.07, 6.45) is 35.5. The number of rotatable bonds is 0. The Morgan fingerprint density at radius 2 is 0.724 bits per heavy atom. The Hall–Kier alpha value is -1.04. The van der Waals surface area contributed by atoms with Crippen molar-refractivity contribution in [3.8, 4) is 0 Å². The van der Waals surface area contributed by atoms with E-state index in [4.69, 9.17) is 0 Å². The van der Waals surface area contributed by atoms with Crippen molar-refractivity contribution in [2.75, 3.05) is 0 Å². The molecule has 0 bridgehead atoms. The molecule has 1 aromatic carbocycles. The molecule has 0 saturated carbocycles. The van der Waals surface area contributed by atoms with Gasteiger partial charge in [0, 0.05) is 6.42 Å². The fraction of sp³-hybridized carbons (Fsp3) is 0.690. The Morgan fingerprint density at radius 3 is 1.14 bits per heavy atom. The van der Waals surface area contributed by atoms with E-state index in [0.29, 0.717) is 0 Å². The minimum Gasteiger partial charge on any atom is -0.0755 e. The van der Waals surface area contributed by atoms with E-state index < -0.39 is 0 Å². The van der Waals surface area contributed by atoms with Crippen LogP contribution in [0.3, 0.4) is 0 Å². The molecule has 0 nitrogen and oxygen atoms in total. The van der Waals surface area contributed by atoms with Gasteiger partial charge < -0.3 is 0 Å². The predicted octanol–water partition coefficient (Wildman–Crippen LogP) is 9.39. The molecule has 0 heteroatoms. The zero-order chi connectivity index (χ0) is 20.0. The van der Waals surface area contributed by atoms with Gasteiger partial charge in [-0.25, -0.2) is 0 Å². The van der Waals surface area contributed by atoms with E-state index in [1.54, 1.807) is 11.1 Å². The Morgan fingerprint density at radius 1 is 0.379 bits per heavy atom. The summed E-state index contributed by atoms with van der Waals surface area (Å²) in [7, 11) is 0. The fourth-order valence-electron chi connectivity index (χ4n) is 5.20. The standard InChI is InChI=1S/C29H45/c1-2-4-6-8-10-12-14-16-18-21-27-25-29-23-19-22-28(29)24-26(27)20-17-15-13-11-9-7-5-3-1/h19,22-25H,1-18,20-21H2. The van der Waals surface area contributed by atoms with Crippen molar-refractivity contribution in [2.45, 2.75) is 128 Å². The van der Waals surface area contributed by atoms with E-state index in [0.717, 1.165) is 0 Å². The first-order valence-corrected chi connectivity index (χ1v) is 13.1. The molecule has 2 aliphatic rings. The van der Waals surface area contributed by atoms with Crippen LogP contribution >= 0.6 is 0 Å². The van der Waals surface area contributed by atoms with E-state index in [-0.39, 0.29) is 0 Å². The summed E-state index contributed by atoms with van der Waals surface area (Å²) < 4.78 is 0. The van der Waals surface area contributed by atoms with Gasteiger partial charge in [0.15, 0.2) is 0 Å². The van der Waals surface area contributed by atoms with Gasteiger partial charge in [0.05, 0.1) is 0 Å². The number of allylic oxidation sites excluding steroid dienone is 1. The molecular weight excluding hydrogens is 348 g/mol. The summed E-state index contributed by atoms with van der Waals surface area (Å²) in [5, 5.41) is 0. The van der Waals surface area contributed by atoms with Gasteiger partial charge in [-0.1, -0.05) is 127 Å². The van der Waals surface area contributed by atoms with Crippen molar-refractivity contribution >= 4 is 6.08 Å². The Balaban J connectivity index is 1.48. The van der Waals surface area contributed by atoms with Crippen LogP contribution in [0, 0.1) is 6.42 Å². The summed E-state index contributed by atoms with van der Waals surface area (Å²) in [4.78, 5) is 0. The lowest BCUT2D eigenvalue weighted by Gasteiger charge is -2.13. The fourth-order valence-corrected chi connectivity index (χ4v) is 5.20. The lowest BCUT2D eigenvalue weighted by Crippen LogP contribution is -1.99.